The van der Waals surface area contributed by atoms with Crippen LogP contribution in [0.4, 0.5) is 5.13 Å². The number of thiazole rings is 1. The zero-order chi connectivity index (χ0) is 18.1. The summed E-state index contributed by atoms with van der Waals surface area (Å²) in [6.45, 7) is 0. The minimum atomic E-state index is -3.57. The van der Waals surface area contributed by atoms with E-state index in [2.05, 4.69) is 10.1 Å². The van der Waals surface area contributed by atoms with Crippen LogP contribution in [-0.4, -0.2) is 10.2 Å². The molecule has 0 saturated carbocycles. The lowest BCUT2D eigenvalue weighted by atomic mass is 10.1. The number of anilines is 1. The molecule has 4 nitrogen and oxygen atoms in total. The largest absolute Gasteiger partial charge is 0.345 e. The van der Waals surface area contributed by atoms with Crippen molar-refractivity contribution in [2.24, 2.45) is 0 Å². The van der Waals surface area contributed by atoms with Crippen molar-refractivity contribution in [2.45, 2.75) is 0 Å². The highest BCUT2D eigenvalue weighted by molar-refractivity contribution is 8.09. The Morgan fingerprint density at radius 2 is 1.83 bits per heavy atom. The van der Waals surface area contributed by atoms with Crippen LogP contribution in [0.5, 0.6) is 0 Å². The molecule has 24 heavy (non-hydrogen) atoms. The summed E-state index contributed by atoms with van der Waals surface area (Å²) in [7, 11) is 0. The van der Waals surface area contributed by atoms with Crippen LogP contribution in [0, 0.1) is 0 Å². The van der Waals surface area contributed by atoms with Gasteiger partial charge in [0.25, 0.3) is 5.24 Å². The topological polar surface area (TPSA) is 59.1 Å². The average molecular weight is 485 g/mol. The Labute approximate surface area is 170 Å². The molecule has 1 N–H and O–H groups in total. The van der Waals surface area contributed by atoms with E-state index in [0.717, 1.165) is 11.3 Å². The Bertz CT molecular complexity index is 878. The van der Waals surface area contributed by atoms with Gasteiger partial charge in [-0.3, -0.25) is 14.4 Å². The van der Waals surface area contributed by atoms with Gasteiger partial charge in [-0.25, -0.2) is 4.98 Å². The first-order valence-corrected chi connectivity index (χ1v) is 11.8. The van der Waals surface area contributed by atoms with E-state index in [1.165, 1.54) is 23.6 Å². The summed E-state index contributed by atoms with van der Waals surface area (Å²) in [5.41, 5.74) is 0.542. The first kappa shape index (κ1) is 20.3. The quantitative estimate of drug-likeness (QED) is 0.208. The summed E-state index contributed by atoms with van der Waals surface area (Å²) in [5, 5.41) is 3.91. The van der Waals surface area contributed by atoms with Gasteiger partial charge in [-0.05, 0) is 52.3 Å². The van der Waals surface area contributed by atoms with Crippen molar-refractivity contribution in [3.8, 4) is 0 Å². The number of aromatic nitrogens is 1. The number of hydrogen-bond acceptors (Lipinski definition) is 4. The van der Waals surface area contributed by atoms with E-state index in [4.69, 9.17) is 68.9 Å². The smallest absolute Gasteiger partial charge is 0.288 e. The van der Waals surface area contributed by atoms with Gasteiger partial charge in [0.2, 0.25) is 0 Å². The number of allylic oxidation sites excluding steroid dienone is 1. The van der Waals surface area contributed by atoms with Gasteiger partial charge in [-0.15, -0.1) is 11.3 Å². The van der Waals surface area contributed by atoms with Crippen LogP contribution in [0.3, 0.4) is 0 Å². The van der Waals surface area contributed by atoms with Crippen LogP contribution in [0.25, 0.3) is 11.6 Å². The molecule has 0 saturated heterocycles. The first-order valence-electron chi connectivity index (χ1n) is 5.87. The fourth-order valence-corrected chi connectivity index (χ4v) is 4.61. The van der Waals surface area contributed by atoms with Gasteiger partial charge >= 0.3 is 6.00 Å². The Balaban J connectivity index is 2.50. The molecule has 0 aliphatic carbocycles. The molecule has 0 radical (unpaired) electrons. The summed E-state index contributed by atoms with van der Waals surface area (Å²) in [5.74, 6) is -3.57. The standard InChI is InChI=1S/C12H5Cl6N2O2PS/c13-7-1-2-8(14)10(15)5(7)3-6(11(16)21)9-4-24-12(19-9)20-23(17,18)22/h1-4H,(H,19,20,22). The number of carbonyl (C=O) groups is 1. The molecule has 12 heteroatoms. The predicted molar refractivity (Wildman–Crippen MR) is 105 cm³/mol. The fraction of sp³-hybridized carbons (Fsp3) is 0. The SMILES string of the molecule is O=C(Cl)C(=Cc1c(Cl)ccc(Cl)c1Cl)c1csc(NP(=O)(Cl)Cl)n1. The highest BCUT2D eigenvalue weighted by Crippen LogP contribution is 2.56. The van der Waals surface area contributed by atoms with E-state index in [1.54, 1.807) is 0 Å². The molecule has 128 valence electrons. The van der Waals surface area contributed by atoms with Gasteiger partial charge in [-0.1, -0.05) is 34.8 Å². The van der Waals surface area contributed by atoms with E-state index < -0.39 is 11.2 Å². The lowest BCUT2D eigenvalue weighted by Crippen LogP contribution is -1.95. The van der Waals surface area contributed by atoms with Gasteiger partial charge in [0, 0.05) is 16.0 Å². The second-order valence-electron chi connectivity index (χ2n) is 4.20. The van der Waals surface area contributed by atoms with Crippen molar-refractivity contribution in [3.05, 3.63) is 43.8 Å². The summed E-state index contributed by atoms with van der Waals surface area (Å²) < 4.78 is 11.3. The summed E-state index contributed by atoms with van der Waals surface area (Å²) in [4.78, 5) is 15.8. The molecule has 0 atom stereocenters. The van der Waals surface area contributed by atoms with E-state index in [0.29, 0.717) is 5.56 Å². The van der Waals surface area contributed by atoms with Crippen molar-refractivity contribution in [1.29, 1.82) is 0 Å². The van der Waals surface area contributed by atoms with Gasteiger partial charge in [0.1, 0.15) is 0 Å². The highest BCUT2D eigenvalue weighted by atomic mass is 35.9. The van der Waals surface area contributed by atoms with Crippen LogP contribution in [0.2, 0.25) is 15.1 Å². The van der Waals surface area contributed by atoms with Gasteiger partial charge < -0.3 is 0 Å². The Hall–Kier alpha value is 0.0300. The predicted octanol–water partition coefficient (Wildman–Crippen LogP) is 7.41. The molecule has 0 aliphatic rings. The van der Waals surface area contributed by atoms with Crippen molar-refractivity contribution in [2.75, 3.05) is 5.09 Å². The summed E-state index contributed by atoms with van der Waals surface area (Å²) in [6, 6.07) is 3.05. The normalized spacial score (nSPS) is 12.3. The van der Waals surface area contributed by atoms with Crippen molar-refractivity contribution in [3.63, 3.8) is 0 Å². The third-order valence-corrected chi connectivity index (χ3v) is 5.83. The monoisotopic (exact) mass is 482 g/mol. The van der Waals surface area contributed by atoms with Crippen LogP contribution >= 0.6 is 86.2 Å². The molecule has 0 bridgehead atoms. The Morgan fingerprint density at radius 1 is 1.21 bits per heavy atom. The number of rotatable bonds is 5. The molecule has 1 aromatic carbocycles. The molecule has 0 unspecified atom stereocenters. The zero-order valence-electron chi connectivity index (χ0n) is 11.2. The first-order chi connectivity index (χ1) is 11.1. The highest BCUT2D eigenvalue weighted by Gasteiger charge is 2.19. The molecular weight excluding hydrogens is 480 g/mol. The third-order valence-electron chi connectivity index (χ3n) is 2.59. The van der Waals surface area contributed by atoms with Gasteiger partial charge in [0.05, 0.1) is 21.3 Å². The Morgan fingerprint density at radius 3 is 2.42 bits per heavy atom. The summed E-state index contributed by atoms with van der Waals surface area (Å²) >= 11 is 35.7. The van der Waals surface area contributed by atoms with E-state index in [1.807, 2.05) is 0 Å². The Kier molecular flexibility index (Phi) is 6.91. The second kappa shape index (κ2) is 8.15. The third kappa shape index (κ3) is 5.26. The number of nitrogens with one attached hydrogen (secondary N) is 1. The van der Waals surface area contributed by atoms with E-state index >= 15 is 0 Å². The van der Waals surface area contributed by atoms with E-state index in [9.17, 15) is 9.36 Å². The van der Waals surface area contributed by atoms with Crippen molar-refractivity contribution in [1.82, 2.24) is 4.98 Å². The molecule has 0 amide bonds. The number of benzene rings is 1. The lowest BCUT2D eigenvalue weighted by Gasteiger charge is -2.06. The maximum atomic E-state index is 11.8. The molecule has 1 aromatic heterocycles. The van der Waals surface area contributed by atoms with Crippen LogP contribution in [0.15, 0.2) is 17.5 Å². The molecule has 2 rings (SSSR count). The van der Waals surface area contributed by atoms with Crippen molar-refractivity contribution >= 4 is 108 Å². The molecule has 0 fully saturated rings. The van der Waals surface area contributed by atoms with Gasteiger partial charge in [-0.2, -0.15) is 0 Å². The number of halogens is 6. The minimum absolute atomic E-state index is 0.0195. The minimum Gasteiger partial charge on any atom is -0.288 e. The average Bonchev–Trinajstić information content (AvgIpc) is 2.88. The molecule has 2 aromatic rings. The number of hydrogen-bond donors (Lipinski definition) is 1. The van der Waals surface area contributed by atoms with Crippen molar-refractivity contribution < 1.29 is 9.36 Å². The number of nitrogens with zero attached hydrogens (tertiary/aromatic N) is 1. The van der Waals surface area contributed by atoms with E-state index in [-0.39, 0.29) is 31.5 Å². The fourth-order valence-electron chi connectivity index (χ4n) is 1.61. The molecule has 0 aliphatic heterocycles. The maximum absolute atomic E-state index is 11.8. The number of carbonyl (C=O) groups excluding carboxylic acids is 1. The molecule has 0 spiro atoms. The zero-order valence-corrected chi connectivity index (χ0v) is 17.4. The van der Waals surface area contributed by atoms with Crippen LogP contribution in [-0.2, 0) is 9.36 Å². The molecular formula is C12H5Cl6N2O2PS. The van der Waals surface area contributed by atoms with Gasteiger partial charge in [0.15, 0.2) is 5.13 Å². The second-order valence-corrected chi connectivity index (χ2v) is 11.1. The van der Waals surface area contributed by atoms with Crippen LogP contribution < -0.4 is 5.09 Å². The lowest BCUT2D eigenvalue weighted by molar-refractivity contribution is -0.106. The van der Waals surface area contributed by atoms with Crippen LogP contribution in [0.1, 0.15) is 11.3 Å². The summed E-state index contributed by atoms with van der Waals surface area (Å²) in [6.07, 6.45) is 1.37. The molecule has 1 heterocycles. The maximum Gasteiger partial charge on any atom is 0.345 e.